The zero-order valence-corrected chi connectivity index (χ0v) is 12.8. The summed E-state index contributed by atoms with van der Waals surface area (Å²) in [6, 6.07) is 20.8. The van der Waals surface area contributed by atoms with Crippen LogP contribution in [-0.4, -0.2) is 22.6 Å². The van der Waals surface area contributed by atoms with E-state index in [-0.39, 0.29) is 0 Å². The normalized spacial score (nSPS) is 20.0. The van der Waals surface area contributed by atoms with Crippen molar-refractivity contribution in [3.8, 4) is 0 Å². The van der Waals surface area contributed by atoms with Crippen LogP contribution in [0.4, 0.5) is 0 Å². The molecule has 1 aliphatic rings. The fraction of sp³-hybridized carbons (Fsp3) is 0.300. The highest BCUT2D eigenvalue weighted by atomic mass is 16.3. The second-order valence-corrected chi connectivity index (χ2v) is 5.90. The van der Waals surface area contributed by atoms with Crippen LogP contribution in [0.5, 0.6) is 0 Å². The number of benzene rings is 2. The SMILES string of the molecule is O[C@H](C[C@H]1C=CCCN1Cc1ccccc1)c1ccccc1. The minimum Gasteiger partial charge on any atom is -0.388 e. The quantitative estimate of drug-likeness (QED) is 0.844. The Balaban J connectivity index is 1.67. The first-order valence-electron chi connectivity index (χ1n) is 8.00. The lowest BCUT2D eigenvalue weighted by Crippen LogP contribution is -2.37. The molecule has 1 heterocycles. The van der Waals surface area contributed by atoms with E-state index in [2.05, 4.69) is 47.4 Å². The molecule has 2 atom stereocenters. The van der Waals surface area contributed by atoms with E-state index in [1.807, 2.05) is 30.3 Å². The first-order valence-corrected chi connectivity index (χ1v) is 8.00. The molecule has 0 unspecified atom stereocenters. The van der Waals surface area contributed by atoms with Gasteiger partial charge in [-0.1, -0.05) is 72.8 Å². The molecule has 22 heavy (non-hydrogen) atoms. The Morgan fingerprint density at radius 1 is 1.00 bits per heavy atom. The van der Waals surface area contributed by atoms with Gasteiger partial charge in [0.15, 0.2) is 0 Å². The zero-order chi connectivity index (χ0) is 15.2. The smallest absolute Gasteiger partial charge is 0.0808 e. The topological polar surface area (TPSA) is 23.5 Å². The van der Waals surface area contributed by atoms with Crippen LogP contribution in [0.3, 0.4) is 0 Å². The van der Waals surface area contributed by atoms with Crippen LogP contribution in [0.25, 0.3) is 0 Å². The Labute approximate surface area is 132 Å². The van der Waals surface area contributed by atoms with Crippen LogP contribution in [0, 0.1) is 0 Å². The highest BCUT2D eigenvalue weighted by Gasteiger charge is 2.22. The average molecular weight is 293 g/mol. The lowest BCUT2D eigenvalue weighted by Gasteiger charge is -2.33. The molecule has 2 aromatic carbocycles. The molecule has 2 heteroatoms. The summed E-state index contributed by atoms with van der Waals surface area (Å²) < 4.78 is 0. The number of rotatable bonds is 5. The first kappa shape index (κ1) is 15.0. The summed E-state index contributed by atoms with van der Waals surface area (Å²) in [4.78, 5) is 2.46. The van der Waals surface area contributed by atoms with Crippen LogP contribution in [0.15, 0.2) is 72.8 Å². The summed E-state index contributed by atoms with van der Waals surface area (Å²) in [7, 11) is 0. The molecule has 0 spiro atoms. The Morgan fingerprint density at radius 2 is 1.68 bits per heavy atom. The molecule has 1 N–H and O–H groups in total. The van der Waals surface area contributed by atoms with Crippen molar-refractivity contribution in [2.24, 2.45) is 0 Å². The fourth-order valence-corrected chi connectivity index (χ4v) is 3.06. The van der Waals surface area contributed by atoms with Crippen molar-refractivity contribution >= 4 is 0 Å². The predicted octanol–water partition coefficient (Wildman–Crippen LogP) is 3.94. The number of nitrogens with zero attached hydrogens (tertiary/aromatic N) is 1. The van der Waals surface area contributed by atoms with Crippen molar-refractivity contribution in [1.29, 1.82) is 0 Å². The molecule has 114 valence electrons. The van der Waals surface area contributed by atoms with Crippen LogP contribution in [0.1, 0.15) is 30.1 Å². The molecule has 0 saturated carbocycles. The molecular formula is C20H23NO. The molecule has 0 bridgehead atoms. The number of hydrogen-bond donors (Lipinski definition) is 1. The van der Waals surface area contributed by atoms with Crippen molar-refractivity contribution < 1.29 is 5.11 Å². The lowest BCUT2D eigenvalue weighted by atomic mass is 9.98. The molecule has 0 fully saturated rings. The van der Waals surface area contributed by atoms with E-state index in [0.29, 0.717) is 6.04 Å². The molecule has 0 radical (unpaired) electrons. The maximum absolute atomic E-state index is 10.5. The predicted molar refractivity (Wildman–Crippen MR) is 90.4 cm³/mol. The lowest BCUT2D eigenvalue weighted by molar-refractivity contribution is 0.112. The fourth-order valence-electron chi connectivity index (χ4n) is 3.06. The van der Waals surface area contributed by atoms with Crippen molar-refractivity contribution in [3.05, 3.63) is 83.9 Å². The monoisotopic (exact) mass is 293 g/mol. The Hall–Kier alpha value is -1.90. The van der Waals surface area contributed by atoms with Gasteiger partial charge >= 0.3 is 0 Å². The van der Waals surface area contributed by atoms with Gasteiger partial charge in [-0.15, -0.1) is 0 Å². The zero-order valence-electron chi connectivity index (χ0n) is 12.8. The van der Waals surface area contributed by atoms with E-state index < -0.39 is 6.10 Å². The third-order valence-corrected chi connectivity index (χ3v) is 4.29. The minimum atomic E-state index is -0.410. The Kier molecular flexibility index (Phi) is 5.04. The van der Waals surface area contributed by atoms with Crippen molar-refractivity contribution in [2.45, 2.75) is 31.5 Å². The third-order valence-electron chi connectivity index (χ3n) is 4.29. The van der Waals surface area contributed by atoms with E-state index in [1.54, 1.807) is 0 Å². The van der Waals surface area contributed by atoms with Gasteiger partial charge in [0.2, 0.25) is 0 Å². The van der Waals surface area contributed by atoms with Crippen LogP contribution < -0.4 is 0 Å². The molecule has 0 aromatic heterocycles. The molecule has 3 rings (SSSR count). The number of aliphatic hydroxyl groups is 1. The van der Waals surface area contributed by atoms with Gasteiger partial charge in [-0.3, -0.25) is 4.90 Å². The minimum absolute atomic E-state index is 0.296. The van der Waals surface area contributed by atoms with Gasteiger partial charge < -0.3 is 5.11 Å². The van der Waals surface area contributed by atoms with Gasteiger partial charge in [-0.25, -0.2) is 0 Å². The molecule has 0 saturated heterocycles. The van der Waals surface area contributed by atoms with Crippen molar-refractivity contribution in [3.63, 3.8) is 0 Å². The van der Waals surface area contributed by atoms with Gasteiger partial charge in [0.05, 0.1) is 6.10 Å². The maximum atomic E-state index is 10.5. The van der Waals surface area contributed by atoms with Gasteiger partial charge in [0, 0.05) is 19.1 Å². The number of aliphatic hydroxyl groups excluding tert-OH is 1. The van der Waals surface area contributed by atoms with Crippen LogP contribution >= 0.6 is 0 Å². The summed E-state index contributed by atoms with van der Waals surface area (Å²) in [5.74, 6) is 0. The Morgan fingerprint density at radius 3 is 2.41 bits per heavy atom. The van der Waals surface area contributed by atoms with Gasteiger partial charge in [-0.05, 0) is 24.0 Å². The van der Waals surface area contributed by atoms with Crippen molar-refractivity contribution in [2.75, 3.05) is 6.54 Å². The molecule has 0 amide bonds. The first-order chi connectivity index (χ1) is 10.8. The van der Waals surface area contributed by atoms with Gasteiger partial charge in [-0.2, -0.15) is 0 Å². The summed E-state index contributed by atoms with van der Waals surface area (Å²) in [6.07, 6.45) is 5.91. The number of hydrogen-bond acceptors (Lipinski definition) is 2. The van der Waals surface area contributed by atoms with Crippen molar-refractivity contribution in [1.82, 2.24) is 4.90 Å². The molecule has 2 aromatic rings. The molecular weight excluding hydrogens is 270 g/mol. The second kappa shape index (κ2) is 7.39. The van der Waals surface area contributed by atoms with E-state index in [0.717, 1.165) is 31.5 Å². The largest absolute Gasteiger partial charge is 0.388 e. The maximum Gasteiger partial charge on any atom is 0.0808 e. The van der Waals surface area contributed by atoms with Gasteiger partial charge in [0.25, 0.3) is 0 Å². The second-order valence-electron chi connectivity index (χ2n) is 5.90. The molecule has 2 nitrogen and oxygen atoms in total. The van der Waals surface area contributed by atoms with E-state index >= 15 is 0 Å². The summed E-state index contributed by atoms with van der Waals surface area (Å²) >= 11 is 0. The summed E-state index contributed by atoms with van der Waals surface area (Å²) in [5, 5.41) is 10.5. The highest BCUT2D eigenvalue weighted by molar-refractivity contribution is 5.19. The van der Waals surface area contributed by atoms with Gasteiger partial charge in [0.1, 0.15) is 0 Å². The van der Waals surface area contributed by atoms with Crippen LogP contribution in [-0.2, 0) is 6.54 Å². The summed E-state index contributed by atoms with van der Waals surface area (Å²) in [5.41, 5.74) is 2.33. The Bertz CT molecular complexity index is 594. The standard InChI is InChI=1S/C20H23NO/c22-20(18-11-5-2-6-12-18)15-19-13-7-8-14-21(19)16-17-9-3-1-4-10-17/h1-7,9-13,19-20,22H,8,14-16H2/t19-,20-/m1/s1. The molecule has 1 aliphatic heterocycles. The highest BCUT2D eigenvalue weighted by Crippen LogP contribution is 2.24. The summed E-state index contributed by atoms with van der Waals surface area (Å²) in [6.45, 7) is 1.99. The average Bonchev–Trinajstić information content (AvgIpc) is 2.58. The third kappa shape index (κ3) is 3.85. The van der Waals surface area contributed by atoms with Crippen LogP contribution in [0.2, 0.25) is 0 Å². The van der Waals surface area contributed by atoms with E-state index in [4.69, 9.17) is 0 Å². The van der Waals surface area contributed by atoms with E-state index in [1.165, 1.54) is 5.56 Å². The molecule has 0 aliphatic carbocycles. The van der Waals surface area contributed by atoms with E-state index in [9.17, 15) is 5.11 Å².